The van der Waals surface area contributed by atoms with Gasteiger partial charge in [-0.25, -0.2) is 13.2 Å². The zero-order chi connectivity index (χ0) is 28.6. The van der Waals surface area contributed by atoms with E-state index >= 15 is 0 Å². The Hall–Kier alpha value is -4.22. The van der Waals surface area contributed by atoms with Crippen molar-refractivity contribution in [3.05, 3.63) is 107 Å². The Morgan fingerprint density at radius 1 is 1.02 bits per heavy atom. The third-order valence-electron chi connectivity index (χ3n) is 6.88. The first-order chi connectivity index (χ1) is 19.1. The van der Waals surface area contributed by atoms with Gasteiger partial charge in [0, 0.05) is 34.6 Å². The second-order valence-corrected chi connectivity index (χ2v) is 11.8. The summed E-state index contributed by atoms with van der Waals surface area (Å²) in [5.74, 6) is -0.384. The lowest BCUT2D eigenvalue weighted by atomic mass is 9.96. The van der Waals surface area contributed by atoms with Gasteiger partial charge in [-0.2, -0.15) is 0 Å². The lowest BCUT2D eigenvalue weighted by Gasteiger charge is -2.28. The van der Waals surface area contributed by atoms with Crippen molar-refractivity contribution in [1.29, 1.82) is 0 Å². The summed E-state index contributed by atoms with van der Waals surface area (Å²) in [6.45, 7) is 4.10. The molecular weight excluding hydrogens is 546 g/mol. The molecule has 0 amide bonds. The zero-order valence-corrected chi connectivity index (χ0v) is 24.1. The first-order valence-electron chi connectivity index (χ1n) is 12.5. The molecule has 1 fully saturated rings. The van der Waals surface area contributed by atoms with Crippen LogP contribution in [0.5, 0.6) is 0 Å². The van der Waals surface area contributed by atoms with Gasteiger partial charge >= 0.3 is 5.97 Å². The van der Waals surface area contributed by atoms with E-state index in [4.69, 9.17) is 17.0 Å². The highest BCUT2D eigenvalue weighted by atomic mass is 32.2. The number of rotatable bonds is 7. The van der Waals surface area contributed by atoms with Crippen LogP contribution in [-0.4, -0.2) is 42.4 Å². The summed E-state index contributed by atoms with van der Waals surface area (Å²) in [4.78, 5) is 18.6. The molecule has 3 heterocycles. The van der Waals surface area contributed by atoms with E-state index in [1.54, 1.807) is 30.5 Å². The van der Waals surface area contributed by atoms with Crippen LogP contribution in [0, 0.1) is 13.8 Å². The quantitative estimate of drug-likeness (QED) is 0.239. The summed E-state index contributed by atoms with van der Waals surface area (Å²) >= 11 is 5.85. The van der Waals surface area contributed by atoms with Crippen molar-refractivity contribution in [3.8, 4) is 5.69 Å². The van der Waals surface area contributed by atoms with Gasteiger partial charge in [0.05, 0.1) is 36.7 Å². The number of sulfonamides is 1. The number of benzene rings is 2. The normalized spacial score (nSPS) is 17.0. The summed E-state index contributed by atoms with van der Waals surface area (Å²) in [6.07, 6.45) is 2.88. The first kappa shape index (κ1) is 27.4. The van der Waals surface area contributed by atoms with E-state index in [-0.39, 0.29) is 18.1 Å². The minimum absolute atomic E-state index is 0.238. The number of carbonyl (C=O) groups excluding carboxylic acids is 1. The fourth-order valence-corrected chi connectivity index (χ4v) is 6.11. The maximum atomic E-state index is 11.9. The van der Waals surface area contributed by atoms with Crippen molar-refractivity contribution in [3.63, 3.8) is 0 Å². The summed E-state index contributed by atoms with van der Waals surface area (Å²) in [7, 11) is -2.04. The lowest BCUT2D eigenvalue weighted by molar-refractivity contribution is 0.0600. The number of hydrogen-bond donors (Lipinski definition) is 2. The van der Waals surface area contributed by atoms with E-state index in [0.29, 0.717) is 16.4 Å². The Balaban J connectivity index is 1.59. The molecule has 9 nitrogen and oxygen atoms in total. The maximum Gasteiger partial charge on any atom is 0.337 e. The Labute approximate surface area is 238 Å². The Morgan fingerprint density at radius 3 is 2.30 bits per heavy atom. The molecule has 0 aliphatic carbocycles. The van der Waals surface area contributed by atoms with Crippen LogP contribution in [0.25, 0.3) is 5.69 Å². The van der Waals surface area contributed by atoms with Crippen LogP contribution in [-0.2, 0) is 14.8 Å². The van der Waals surface area contributed by atoms with Gasteiger partial charge in [0.15, 0.2) is 5.11 Å². The molecule has 2 aromatic heterocycles. The number of aromatic nitrogens is 2. The summed E-state index contributed by atoms with van der Waals surface area (Å²) in [5.41, 5.74) is 6.61. The van der Waals surface area contributed by atoms with E-state index in [2.05, 4.69) is 32.6 Å². The predicted octanol–water partition coefficient (Wildman–Crippen LogP) is 4.82. The van der Waals surface area contributed by atoms with Gasteiger partial charge < -0.3 is 19.5 Å². The molecule has 0 bridgehead atoms. The van der Waals surface area contributed by atoms with Gasteiger partial charge in [-0.1, -0.05) is 6.07 Å². The summed E-state index contributed by atoms with van der Waals surface area (Å²) in [5, 5.41) is 4.00. The molecule has 5 rings (SSSR count). The molecule has 206 valence electrons. The highest BCUT2D eigenvalue weighted by molar-refractivity contribution is 7.92. The van der Waals surface area contributed by atoms with Crippen LogP contribution < -0.4 is 14.9 Å². The molecule has 0 saturated carbocycles. The van der Waals surface area contributed by atoms with Crippen molar-refractivity contribution >= 4 is 44.7 Å². The summed E-state index contributed by atoms with van der Waals surface area (Å²) < 4.78 is 32.9. The van der Waals surface area contributed by atoms with E-state index in [9.17, 15) is 13.2 Å². The number of aryl methyl sites for hydroxylation is 1. The second-order valence-electron chi connectivity index (χ2n) is 9.62. The third kappa shape index (κ3) is 5.30. The molecule has 1 saturated heterocycles. The minimum atomic E-state index is -3.40. The Kier molecular flexibility index (Phi) is 7.35. The fourth-order valence-electron chi connectivity index (χ4n) is 5.20. The van der Waals surface area contributed by atoms with Crippen LogP contribution in [0.4, 0.5) is 11.4 Å². The van der Waals surface area contributed by atoms with Gasteiger partial charge in [0.25, 0.3) is 0 Å². The molecular formula is C29H29N5O4S2. The first-order valence-corrected chi connectivity index (χ1v) is 14.8. The van der Waals surface area contributed by atoms with Crippen molar-refractivity contribution in [1.82, 2.24) is 14.9 Å². The molecule has 1 aliphatic heterocycles. The van der Waals surface area contributed by atoms with E-state index < -0.39 is 10.0 Å². The van der Waals surface area contributed by atoms with E-state index in [1.165, 1.54) is 7.11 Å². The molecule has 0 unspecified atom stereocenters. The second kappa shape index (κ2) is 10.7. The molecule has 11 heteroatoms. The third-order valence-corrected chi connectivity index (χ3v) is 7.80. The highest BCUT2D eigenvalue weighted by Crippen LogP contribution is 2.44. The van der Waals surface area contributed by atoms with Gasteiger partial charge in [0.1, 0.15) is 0 Å². The number of nitrogens with zero attached hydrogens (tertiary/aromatic N) is 3. The minimum Gasteiger partial charge on any atom is -0.465 e. The van der Waals surface area contributed by atoms with Gasteiger partial charge in [-0.15, -0.1) is 0 Å². The number of carbonyl (C=O) groups is 1. The molecule has 4 aromatic rings. The van der Waals surface area contributed by atoms with Crippen LogP contribution in [0.1, 0.15) is 45.1 Å². The Bertz CT molecular complexity index is 1670. The van der Waals surface area contributed by atoms with Crippen molar-refractivity contribution in [2.75, 3.05) is 23.0 Å². The number of methoxy groups -OCH3 is 1. The largest absolute Gasteiger partial charge is 0.465 e. The highest BCUT2D eigenvalue weighted by Gasteiger charge is 2.42. The van der Waals surface area contributed by atoms with Crippen LogP contribution in [0.3, 0.4) is 0 Å². The number of pyridine rings is 1. The summed E-state index contributed by atoms with van der Waals surface area (Å²) in [6, 6.07) is 21.9. The SMILES string of the molecule is COC(=O)c1ccc(-n2c(C)cc([C@H]3[C@H](c4ccccn4)NC(=S)N3c3ccc(NS(C)(=O)=O)cc3)c2C)cc1. The lowest BCUT2D eigenvalue weighted by Crippen LogP contribution is -2.29. The van der Waals surface area contributed by atoms with Crippen molar-refractivity contribution in [2.24, 2.45) is 0 Å². The number of esters is 1. The molecule has 0 radical (unpaired) electrons. The average molecular weight is 576 g/mol. The molecule has 1 aliphatic rings. The van der Waals surface area contributed by atoms with Crippen molar-refractivity contribution in [2.45, 2.75) is 25.9 Å². The van der Waals surface area contributed by atoms with E-state index in [1.807, 2.05) is 54.3 Å². The number of anilines is 2. The smallest absolute Gasteiger partial charge is 0.337 e. The monoisotopic (exact) mass is 575 g/mol. The number of thiocarbonyl (C=S) groups is 1. The van der Waals surface area contributed by atoms with Crippen LogP contribution in [0.15, 0.2) is 79.0 Å². The number of hydrogen-bond acceptors (Lipinski definition) is 6. The Morgan fingerprint density at radius 2 is 1.70 bits per heavy atom. The predicted molar refractivity (Wildman–Crippen MR) is 159 cm³/mol. The zero-order valence-electron chi connectivity index (χ0n) is 22.5. The fraction of sp³-hybridized carbons (Fsp3) is 0.207. The van der Waals surface area contributed by atoms with Crippen LogP contribution in [0.2, 0.25) is 0 Å². The average Bonchev–Trinajstić information content (AvgIpc) is 3.43. The van der Waals surface area contributed by atoms with Gasteiger partial charge in [-0.05, 0) is 98.4 Å². The number of ether oxygens (including phenoxy) is 1. The van der Waals surface area contributed by atoms with E-state index in [0.717, 1.165) is 40.3 Å². The van der Waals surface area contributed by atoms with Crippen molar-refractivity contribution < 1.29 is 17.9 Å². The molecule has 2 N–H and O–H groups in total. The molecule has 2 aromatic carbocycles. The molecule has 40 heavy (non-hydrogen) atoms. The molecule has 0 spiro atoms. The topological polar surface area (TPSA) is 106 Å². The number of nitrogens with one attached hydrogen (secondary N) is 2. The van der Waals surface area contributed by atoms with Crippen LogP contribution >= 0.6 is 12.2 Å². The molecule has 2 atom stereocenters. The van der Waals surface area contributed by atoms with Gasteiger partial charge in [0.2, 0.25) is 10.0 Å². The maximum absolute atomic E-state index is 11.9. The van der Waals surface area contributed by atoms with Gasteiger partial charge in [-0.3, -0.25) is 9.71 Å². The standard InChI is InChI=1S/C29H29N5O4S2/c1-18-17-24(19(2)33(18)22-12-8-20(9-13-22)28(35)38-3)27-26(25-7-5-6-16-30-25)31-29(39)34(27)23-14-10-21(11-15-23)32-40(4,36)37/h5-17,26-27,32H,1-4H3,(H,31,39)/t26-,27-/m0/s1.